The molecule has 1 aliphatic heterocycles. The van der Waals surface area contributed by atoms with Crippen LogP contribution >= 0.6 is 0 Å². The van der Waals surface area contributed by atoms with Crippen LogP contribution in [0.3, 0.4) is 0 Å². The van der Waals surface area contributed by atoms with Gasteiger partial charge in [0.15, 0.2) is 0 Å². The van der Waals surface area contributed by atoms with E-state index < -0.39 is 0 Å². The van der Waals surface area contributed by atoms with Gasteiger partial charge in [0.05, 0.1) is 12.7 Å². The SMILES string of the molecule is CNC(=O)c1cc(C(=O)NC2CC2)cc2c1O[C@H](C)[C@H]2c1cccc(OC)c1. The van der Waals surface area contributed by atoms with Crippen molar-refractivity contribution in [1.29, 1.82) is 0 Å². The van der Waals surface area contributed by atoms with E-state index in [4.69, 9.17) is 9.47 Å². The molecule has 0 bridgehead atoms. The van der Waals surface area contributed by atoms with Crippen LogP contribution in [0.2, 0.25) is 0 Å². The van der Waals surface area contributed by atoms with Gasteiger partial charge in [-0.3, -0.25) is 9.59 Å². The van der Waals surface area contributed by atoms with E-state index in [2.05, 4.69) is 10.6 Å². The van der Waals surface area contributed by atoms with Crippen LogP contribution in [0.1, 0.15) is 57.5 Å². The molecule has 0 radical (unpaired) electrons. The molecule has 6 nitrogen and oxygen atoms in total. The van der Waals surface area contributed by atoms with Crippen molar-refractivity contribution >= 4 is 11.8 Å². The maximum absolute atomic E-state index is 12.7. The molecule has 2 amide bonds. The molecule has 1 heterocycles. The summed E-state index contributed by atoms with van der Waals surface area (Å²) < 4.78 is 11.5. The summed E-state index contributed by atoms with van der Waals surface area (Å²) in [4.78, 5) is 25.2. The number of rotatable bonds is 5. The molecule has 2 aromatic carbocycles. The van der Waals surface area contributed by atoms with Crippen molar-refractivity contribution in [2.45, 2.75) is 37.8 Å². The molecule has 4 rings (SSSR count). The fraction of sp³-hybridized carbons (Fsp3) is 0.364. The first-order chi connectivity index (χ1) is 13.5. The van der Waals surface area contributed by atoms with Crippen molar-refractivity contribution < 1.29 is 19.1 Å². The Kier molecular flexibility index (Phi) is 4.71. The fourth-order valence-corrected chi connectivity index (χ4v) is 3.74. The van der Waals surface area contributed by atoms with E-state index in [9.17, 15) is 9.59 Å². The molecule has 0 spiro atoms. The van der Waals surface area contributed by atoms with Crippen LogP contribution in [0, 0.1) is 0 Å². The number of benzene rings is 2. The summed E-state index contributed by atoms with van der Waals surface area (Å²) in [6, 6.07) is 11.5. The molecule has 1 fully saturated rings. The molecule has 28 heavy (non-hydrogen) atoms. The van der Waals surface area contributed by atoms with Gasteiger partial charge in [0.1, 0.15) is 17.6 Å². The summed E-state index contributed by atoms with van der Waals surface area (Å²) in [5, 5.41) is 5.65. The number of ether oxygens (including phenoxy) is 2. The highest BCUT2D eigenvalue weighted by Gasteiger charge is 2.37. The Balaban J connectivity index is 1.81. The van der Waals surface area contributed by atoms with Crippen LogP contribution < -0.4 is 20.1 Å². The van der Waals surface area contributed by atoms with Crippen LogP contribution in [-0.4, -0.2) is 38.1 Å². The fourth-order valence-electron chi connectivity index (χ4n) is 3.74. The zero-order valence-corrected chi connectivity index (χ0v) is 16.2. The molecule has 2 aliphatic rings. The van der Waals surface area contributed by atoms with E-state index in [1.54, 1.807) is 20.2 Å². The summed E-state index contributed by atoms with van der Waals surface area (Å²) >= 11 is 0. The Morgan fingerprint density at radius 2 is 1.93 bits per heavy atom. The Hall–Kier alpha value is -3.02. The zero-order chi connectivity index (χ0) is 19.8. The minimum absolute atomic E-state index is 0.0952. The predicted octanol–water partition coefficient (Wildman–Crippen LogP) is 2.86. The van der Waals surface area contributed by atoms with Gasteiger partial charge < -0.3 is 20.1 Å². The van der Waals surface area contributed by atoms with E-state index in [1.807, 2.05) is 37.3 Å². The van der Waals surface area contributed by atoms with Crippen LogP contribution in [0.5, 0.6) is 11.5 Å². The summed E-state index contributed by atoms with van der Waals surface area (Å²) in [6.07, 6.45) is 1.84. The normalized spacial score (nSPS) is 20.1. The molecule has 0 unspecified atom stereocenters. The quantitative estimate of drug-likeness (QED) is 0.836. The second-order valence-corrected chi connectivity index (χ2v) is 7.35. The average Bonchev–Trinajstić information content (AvgIpc) is 3.45. The Morgan fingerprint density at radius 1 is 1.14 bits per heavy atom. The van der Waals surface area contributed by atoms with Crippen molar-refractivity contribution in [3.63, 3.8) is 0 Å². The topological polar surface area (TPSA) is 76.7 Å². The maximum Gasteiger partial charge on any atom is 0.254 e. The number of fused-ring (bicyclic) bond motifs is 1. The molecule has 0 aromatic heterocycles. The number of hydrogen-bond donors (Lipinski definition) is 2. The Labute approximate surface area is 164 Å². The van der Waals surface area contributed by atoms with E-state index in [0.717, 1.165) is 29.7 Å². The van der Waals surface area contributed by atoms with E-state index in [0.29, 0.717) is 16.9 Å². The first kappa shape index (κ1) is 18.3. The maximum atomic E-state index is 12.7. The van der Waals surface area contributed by atoms with E-state index in [1.165, 1.54) is 0 Å². The lowest BCUT2D eigenvalue weighted by molar-refractivity contribution is 0.0951. The highest BCUT2D eigenvalue weighted by atomic mass is 16.5. The molecule has 146 valence electrons. The van der Waals surface area contributed by atoms with Gasteiger partial charge in [-0.2, -0.15) is 0 Å². The highest BCUT2D eigenvalue weighted by molar-refractivity contribution is 6.02. The van der Waals surface area contributed by atoms with Crippen molar-refractivity contribution in [3.05, 3.63) is 58.7 Å². The van der Waals surface area contributed by atoms with Crippen molar-refractivity contribution in [3.8, 4) is 11.5 Å². The van der Waals surface area contributed by atoms with Gasteiger partial charge in [-0.25, -0.2) is 0 Å². The standard InChI is InChI=1S/C22H24N2O4/c1-12-19(13-5-4-6-16(9-13)27-3)17-10-14(21(25)24-15-7-8-15)11-18(20(17)28-12)22(26)23-2/h4-6,9-12,15,19H,7-8H2,1-3H3,(H,23,26)(H,24,25)/t12-,19+/m1/s1. The number of amides is 2. The molecule has 2 aromatic rings. The third-order valence-corrected chi connectivity index (χ3v) is 5.33. The van der Waals surface area contributed by atoms with E-state index >= 15 is 0 Å². The smallest absolute Gasteiger partial charge is 0.254 e. The number of nitrogens with one attached hydrogen (secondary N) is 2. The summed E-state index contributed by atoms with van der Waals surface area (Å²) in [7, 11) is 3.20. The van der Waals surface area contributed by atoms with Crippen LogP contribution in [0.15, 0.2) is 36.4 Å². The van der Waals surface area contributed by atoms with Gasteiger partial charge in [0.25, 0.3) is 11.8 Å². The lowest BCUT2D eigenvalue weighted by Gasteiger charge is -2.16. The van der Waals surface area contributed by atoms with Gasteiger partial charge in [0.2, 0.25) is 0 Å². The second-order valence-electron chi connectivity index (χ2n) is 7.35. The van der Waals surface area contributed by atoms with Gasteiger partial charge in [-0.1, -0.05) is 12.1 Å². The van der Waals surface area contributed by atoms with Crippen LogP contribution in [0.4, 0.5) is 0 Å². The molecule has 6 heteroatoms. The molecule has 0 saturated heterocycles. The third kappa shape index (κ3) is 3.30. The van der Waals surface area contributed by atoms with Crippen LogP contribution in [0.25, 0.3) is 0 Å². The van der Waals surface area contributed by atoms with Crippen molar-refractivity contribution in [1.82, 2.24) is 10.6 Å². The first-order valence-electron chi connectivity index (χ1n) is 9.53. The monoisotopic (exact) mass is 380 g/mol. The molecule has 2 N–H and O–H groups in total. The van der Waals surface area contributed by atoms with Gasteiger partial charge >= 0.3 is 0 Å². The van der Waals surface area contributed by atoms with Crippen molar-refractivity contribution in [2.24, 2.45) is 0 Å². The number of hydrogen-bond acceptors (Lipinski definition) is 4. The summed E-state index contributed by atoms with van der Waals surface area (Å²) in [5.41, 5.74) is 2.74. The van der Waals surface area contributed by atoms with Crippen molar-refractivity contribution in [2.75, 3.05) is 14.2 Å². The minimum atomic E-state index is -0.268. The first-order valence-corrected chi connectivity index (χ1v) is 9.53. The average molecular weight is 380 g/mol. The summed E-state index contributed by atoms with van der Waals surface area (Å²) in [5.74, 6) is 0.785. The van der Waals surface area contributed by atoms with Gasteiger partial charge in [-0.05, 0) is 49.6 Å². The molecular weight excluding hydrogens is 356 g/mol. The highest BCUT2D eigenvalue weighted by Crippen LogP contribution is 2.45. The molecule has 1 aliphatic carbocycles. The van der Waals surface area contributed by atoms with Gasteiger partial charge in [0, 0.05) is 30.1 Å². The number of carbonyl (C=O) groups is 2. The number of methoxy groups -OCH3 is 1. The Morgan fingerprint density at radius 3 is 2.61 bits per heavy atom. The third-order valence-electron chi connectivity index (χ3n) is 5.33. The summed E-state index contributed by atoms with van der Waals surface area (Å²) in [6.45, 7) is 1.97. The second kappa shape index (κ2) is 7.19. The lowest BCUT2D eigenvalue weighted by Crippen LogP contribution is -2.26. The molecular formula is C22H24N2O4. The largest absolute Gasteiger partial charge is 0.497 e. The van der Waals surface area contributed by atoms with Gasteiger partial charge in [-0.15, -0.1) is 0 Å². The number of carbonyl (C=O) groups excluding carboxylic acids is 2. The predicted molar refractivity (Wildman–Crippen MR) is 105 cm³/mol. The molecule has 1 saturated carbocycles. The van der Waals surface area contributed by atoms with E-state index in [-0.39, 0.29) is 29.9 Å². The zero-order valence-electron chi connectivity index (χ0n) is 16.2. The minimum Gasteiger partial charge on any atom is -0.497 e. The lowest BCUT2D eigenvalue weighted by atomic mass is 9.86. The Bertz CT molecular complexity index is 936. The molecule has 2 atom stereocenters. The van der Waals surface area contributed by atoms with Crippen LogP contribution in [-0.2, 0) is 0 Å².